The van der Waals surface area contributed by atoms with Gasteiger partial charge in [-0.3, -0.25) is 5.10 Å². The summed E-state index contributed by atoms with van der Waals surface area (Å²) in [5.41, 5.74) is 0.651. The van der Waals surface area contributed by atoms with Crippen molar-refractivity contribution in [3.63, 3.8) is 0 Å². The third kappa shape index (κ3) is 2.17. The summed E-state index contributed by atoms with van der Waals surface area (Å²) in [4.78, 5) is 10.8. The van der Waals surface area contributed by atoms with Crippen molar-refractivity contribution in [3.8, 4) is 22.8 Å². The molecule has 18 heavy (non-hydrogen) atoms. The van der Waals surface area contributed by atoms with Crippen molar-refractivity contribution < 1.29 is 19.7 Å². The molecule has 0 spiro atoms. The summed E-state index contributed by atoms with van der Waals surface area (Å²) in [5.74, 6) is -0.932. The first kappa shape index (κ1) is 12.4. The van der Waals surface area contributed by atoms with E-state index in [1.165, 1.54) is 13.2 Å². The molecule has 2 rings (SSSR count). The number of rotatable bonds is 3. The summed E-state index contributed by atoms with van der Waals surface area (Å²) in [6.45, 7) is 0. The number of phenols is 1. The maximum atomic E-state index is 10.8. The largest absolute Gasteiger partial charge is 0.504 e. The van der Waals surface area contributed by atoms with Crippen molar-refractivity contribution in [2.24, 2.45) is 0 Å². The number of H-pyrrole nitrogens is 1. The number of aromatic amines is 1. The number of carboxylic acids is 1. The second-order valence-corrected chi connectivity index (χ2v) is 4.39. The summed E-state index contributed by atoms with van der Waals surface area (Å²) in [6, 6.07) is 4.56. The summed E-state index contributed by atoms with van der Waals surface area (Å²) in [6.07, 6.45) is 0. The minimum Gasteiger partial charge on any atom is -0.504 e. The molecule has 3 N–H and O–H groups in total. The molecular formula is C11H9BrN2O4. The van der Waals surface area contributed by atoms with Crippen LogP contribution >= 0.6 is 15.9 Å². The molecule has 0 amide bonds. The number of aromatic hydroxyl groups is 1. The van der Waals surface area contributed by atoms with E-state index < -0.39 is 5.97 Å². The van der Waals surface area contributed by atoms with E-state index in [2.05, 4.69) is 26.1 Å². The second-order valence-electron chi connectivity index (χ2n) is 3.48. The number of methoxy groups -OCH3 is 1. The smallest absolute Gasteiger partial charge is 0.353 e. The maximum Gasteiger partial charge on any atom is 0.353 e. The van der Waals surface area contributed by atoms with Crippen LogP contribution in [0.3, 0.4) is 0 Å². The fourth-order valence-electron chi connectivity index (χ4n) is 1.49. The van der Waals surface area contributed by atoms with Crippen LogP contribution in [0.4, 0.5) is 0 Å². The molecule has 1 aromatic carbocycles. The van der Waals surface area contributed by atoms with Crippen LogP contribution in [-0.4, -0.2) is 33.5 Å². The van der Waals surface area contributed by atoms with Gasteiger partial charge in [-0.05, 0) is 18.2 Å². The molecule has 0 fully saturated rings. The van der Waals surface area contributed by atoms with E-state index in [9.17, 15) is 9.90 Å². The highest BCUT2D eigenvalue weighted by Gasteiger charge is 2.16. The number of halogens is 1. The molecule has 0 atom stereocenters. The summed E-state index contributed by atoms with van der Waals surface area (Å²) >= 11 is 3.28. The van der Waals surface area contributed by atoms with E-state index in [0.29, 0.717) is 15.7 Å². The van der Waals surface area contributed by atoms with Crippen LogP contribution in [0.25, 0.3) is 11.3 Å². The van der Waals surface area contributed by atoms with Crippen molar-refractivity contribution in [1.29, 1.82) is 0 Å². The first-order valence-electron chi connectivity index (χ1n) is 4.88. The van der Waals surface area contributed by atoms with Gasteiger partial charge in [-0.25, -0.2) is 4.79 Å². The Labute approximate surface area is 110 Å². The number of hydrogen-bond donors (Lipinski definition) is 3. The molecule has 0 aliphatic rings. The number of nitrogens with zero attached hydrogens (tertiary/aromatic N) is 1. The van der Waals surface area contributed by atoms with Crippen molar-refractivity contribution in [3.05, 3.63) is 28.4 Å². The molecule has 0 aliphatic heterocycles. The van der Waals surface area contributed by atoms with E-state index in [1.54, 1.807) is 12.1 Å². The lowest BCUT2D eigenvalue weighted by Gasteiger charge is -2.07. The number of aromatic nitrogens is 2. The van der Waals surface area contributed by atoms with E-state index in [0.717, 1.165) is 0 Å². The number of nitrogens with one attached hydrogen (secondary N) is 1. The fraction of sp³-hybridized carbons (Fsp3) is 0.0909. The van der Waals surface area contributed by atoms with E-state index in [1.807, 2.05) is 0 Å². The zero-order valence-electron chi connectivity index (χ0n) is 9.27. The van der Waals surface area contributed by atoms with Crippen LogP contribution in [0, 0.1) is 0 Å². The lowest BCUT2D eigenvalue weighted by atomic mass is 10.1. The highest BCUT2D eigenvalue weighted by molar-refractivity contribution is 9.10. The van der Waals surface area contributed by atoms with Gasteiger partial charge in [0.1, 0.15) is 5.69 Å². The molecule has 0 saturated heterocycles. The standard InChI is InChI=1S/C11H9BrN2O4/c1-18-9-3-5(12)2-6(10(9)15)7-4-8(11(16)17)14-13-7/h2-4,15H,1H3,(H,13,14)(H,16,17). The summed E-state index contributed by atoms with van der Waals surface area (Å²) in [7, 11) is 1.43. The van der Waals surface area contributed by atoms with Gasteiger partial charge in [0.25, 0.3) is 0 Å². The van der Waals surface area contributed by atoms with Crippen LogP contribution in [0.15, 0.2) is 22.7 Å². The Balaban J connectivity index is 2.55. The average Bonchev–Trinajstić information content (AvgIpc) is 2.81. The van der Waals surface area contributed by atoms with Crippen molar-refractivity contribution in [2.75, 3.05) is 7.11 Å². The lowest BCUT2D eigenvalue weighted by molar-refractivity contribution is 0.0690. The zero-order chi connectivity index (χ0) is 13.3. The number of hydrogen-bond acceptors (Lipinski definition) is 4. The Kier molecular flexibility index (Phi) is 3.24. The van der Waals surface area contributed by atoms with Crippen LogP contribution in [0.1, 0.15) is 10.5 Å². The average molecular weight is 313 g/mol. The highest BCUT2D eigenvalue weighted by Crippen LogP contribution is 2.39. The van der Waals surface area contributed by atoms with Gasteiger partial charge in [-0.2, -0.15) is 5.10 Å². The van der Waals surface area contributed by atoms with E-state index >= 15 is 0 Å². The third-order valence-corrected chi connectivity index (χ3v) is 2.80. The molecule has 0 aliphatic carbocycles. The maximum absolute atomic E-state index is 10.8. The zero-order valence-corrected chi connectivity index (χ0v) is 10.9. The Morgan fingerprint density at radius 3 is 2.72 bits per heavy atom. The van der Waals surface area contributed by atoms with Crippen LogP contribution in [0.2, 0.25) is 0 Å². The lowest BCUT2D eigenvalue weighted by Crippen LogP contribution is -1.95. The molecular weight excluding hydrogens is 304 g/mol. The van der Waals surface area contributed by atoms with Gasteiger partial charge in [0.15, 0.2) is 11.5 Å². The highest BCUT2D eigenvalue weighted by atomic mass is 79.9. The van der Waals surface area contributed by atoms with E-state index in [-0.39, 0.29) is 17.2 Å². The molecule has 94 valence electrons. The number of phenolic OH excluding ortho intramolecular Hbond substituents is 1. The van der Waals surface area contributed by atoms with Gasteiger partial charge in [0.05, 0.1) is 12.8 Å². The van der Waals surface area contributed by atoms with Crippen LogP contribution < -0.4 is 4.74 Å². The number of aromatic carboxylic acids is 1. The second kappa shape index (κ2) is 4.69. The number of ether oxygens (including phenoxy) is 1. The molecule has 1 heterocycles. The first-order chi connectivity index (χ1) is 8.52. The Bertz CT molecular complexity index is 609. The van der Waals surface area contributed by atoms with Gasteiger partial charge in [-0.1, -0.05) is 15.9 Å². The quantitative estimate of drug-likeness (QED) is 0.808. The van der Waals surface area contributed by atoms with Crippen molar-refractivity contribution in [1.82, 2.24) is 10.2 Å². The Hall–Kier alpha value is -2.02. The predicted molar refractivity (Wildman–Crippen MR) is 66.9 cm³/mol. The molecule has 6 nitrogen and oxygen atoms in total. The summed E-state index contributed by atoms with van der Waals surface area (Å²) < 4.78 is 5.69. The van der Waals surface area contributed by atoms with Crippen molar-refractivity contribution >= 4 is 21.9 Å². The molecule has 1 aromatic heterocycles. The number of carboxylic acid groups (broad SMARTS) is 1. The Morgan fingerprint density at radius 1 is 1.44 bits per heavy atom. The van der Waals surface area contributed by atoms with E-state index in [4.69, 9.17) is 9.84 Å². The fourth-order valence-corrected chi connectivity index (χ4v) is 1.93. The minimum atomic E-state index is -1.12. The van der Waals surface area contributed by atoms with Crippen LogP contribution in [0.5, 0.6) is 11.5 Å². The van der Waals surface area contributed by atoms with Crippen LogP contribution in [-0.2, 0) is 0 Å². The van der Waals surface area contributed by atoms with Gasteiger partial charge in [-0.15, -0.1) is 0 Å². The Morgan fingerprint density at radius 2 is 2.17 bits per heavy atom. The third-order valence-electron chi connectivity index (χ3n) is 2.34. The molecule has 7 heteroatoms. The van der Waals surface area contributed by atoms with Gasteiger partial charge in [0, 0.05) is 10.0 Å². The molecule has 2 aromatic rings. The molecule has 0 saturated carbocycles. The van der Waals surface area contributed by atoms with Gasteiger partial charge < -0.3 is 14.9 Å². The predicted octanol–water partition coefficient (Wildman–Crippen LogP) is 2.25. The minimum absolute atomic E-state index is 0.0525. The SMILES string of the molecule is COc1cc(Br)cc(-c2cc(C(=O)O)[nH]n2)c1O. The molecule has 0 unspecified atom stereocenters. The summed E-state index contributed by atoms with van der Waals surface area (Å²) in [5, 5.41) is 25.0. The molecule has 0 radical (unpaired) electrons. The normalized spacial score (nSPS) is 10.3. The first-order valence-corrected chi connectivity index (χ1v) is 5.67. The topological polar surface area (TPSA) is 95.4 Å². The number of benzene rings is 1. The van der Waals surface area contributed by atoms with Crippen molar-refractivity contribution in [2.45, 2.75) is 0 Å². The number of carbonyl (C=O) groups is 1. The van der Waals surface area contributed by atoms with Gasteiger partial charge in [0.2, 0.25) is 0 Å². The molecule has 0 bridgehead atoms. The van der Waals surface area contributed by atoms with Gasteiger partial charge >= 0.3 is 5.97 Å². The monoisotopic (exact) mass is 312 g/mol.